The Morgan fingerprint density at radius 3 is 2.32 bits per heavy atom. The molecule has 1 aromatic carbocycles. The van der Waals surface area contributed by atoms with Crippen molar-refractivity contribution in [2.24, 2.45) is 0 Å². The number of nitrogens with zero attached hydrogens (tertiary/aromatic N) is 1. The average Bonchev–Trinajstić information content (AvgIpc) is 2.65. The molecule has 0 bridgehead atoms. The highest BCUT2D eigenvalue weighted by Crippen LogP contribution is 2.22. The van der Waals surface area contributed by atoms with Crippen molar-refractivity contribution in [3.63, 3.8) is 0 Å². The molecule has 0 fully saturated rings. The first-order valence-electron chi connectivity index (χ1n) is 9.08. The lowest BCUT2D eigenvalue weighted by molar-refractivity contribution is -0.384. The van der Waals surface area contributed by atoms with Crippen LogP contribution < -0.4 is 4.74 Å². The van der Waals surface area contributed by atoms with Gasteiger partial charge in [-0.2, -0.15) is 0 Å². The van der Waals surface area contributed by atoms with Gasteiger partial charge < -0.3 is 14.2 Å². The molecule has 0 heterocycles. The summed E-state index contributed by atoms with van der Waals surface area (Å²) in [6.45, 7) is 10.8. The zero-order valence-corrected chi connectivity index (χ0v) is 16.7. The van der Waals surface area contributed by atoms with Crippen LogP contribution in [-0.4, -0.2) is 35.2 Å². The normalized spacial score (nSPS) is 13.9. The summed E-state index contributed by atoms with van der Waals surface area (Å²) < 4.78 is 16.3. The zero-order valence-electron chi connectivity index (χ0n) is 16.7. The largest absolute Gasteiger partial charge is 0.456 e. The number of nitro benzene ring substituents is 1. The monoisotopic (exact) mass is 393 g/mol. The second kappa shape index (κ2) is 10.6. The van der Waals surface area contributed by atoms with Crippen molar-refractivity contribution < 1.29 is 28.7 Å². The van der Waals surface area contributed by atoms with E-state index in [1.165, 1.54) is 24.3 Å². The molecule has 0 aliphatic carbocycles. The average molecular weight is 393 g/mol. The third kappa shape index (κ3) is 7.11. The second-order valence-corrected chi connectivity index (χ2v) is 6.66. The minimum absolute atomic E-state index is 0.0914. The topological polar surface area (TPSA) is 105 Å². The summed E-state index contributed by atoms with van der Waals surface area (Å²) in [5, 5.41) is 10.7. The number of non-ortho nitro benzene ring substituents is 1. The Morgan fingerprint density at radius 2 is 1.86 bits per heavy atom. The van der Waals surface area contributed by atoms with Gasteiger partial charge in [0.15, 0.2) is 6.10 Å². The molecule has 1 aromatic rings. The van der Waals surface area contributed by atoms with Gasteiger partial charge in [0.05, 0.1) is 11.5 Å². The van der Waals surface area contributed by atoms with E-state index in [2.05, 4.69) is 6.58 Å². The Bertz CT molecular complexity index is 714. The number of carbonyl (C=O) groups is 2. The van der Waals surface area contributed by atoms with Crippen LogP contribution in [0.1, 0.15) is 47.0 Å². The quantitative estimate of drug-likeness (QED) is 0.184. The van der Waals surface area contributed by atoms with E-state index in [9.17, 15) is 19.7 Å². The molecule has 0 radical (unpaired) electrons. The molecule has 1 rings (SSSR count). The molecule has 154 valence electrons. The van der Waals surface area contributed by atoms with Crippen molar-refractivity contribution in [3.8, 4) is 5.75 Å². The minimum Gasteiger partial charge on any atom is -0.456 e. The fourth-order valence-electron chi connectivity index (χ4n) is 2.20. The van der Waals surface area contributed by atoms with Gasteiger partial charge in [-0.25, -0.2) is 9.59 Å². The first-order chi connectivity index (χ1) is 13.1. The number of carbonyl (C=O) groups excluding carboxylic acids is 2. The lowest BCUT2D eigenvalue weighted by Gasteiger charge is -2.29. The summed E-state index contributed by atoms with van der Waals surface area (Å²) in [6.07, 6.45) is 0.580. The molecule has 2 atom stereocenters. The SMILES string of the molecule is C=C(C)C(=O)OC(C)(CC)CCOC(CC)C(=O)Oc1ccc([N+](=O)[O-])cc1. The van der Waals surface area contributed by atoms with Crippen LogP contribution in [0.2, 0.25) is 0 Å². The Labute approximate surface area is 164 Å². The maximum Gasteiger partial charge on any atom is 0.340 e. The third-order valence-corrected chi connectivity index (χ3v) is 4.29. The number of benzene rings is 1. The van der Waals surface area contributed by atoms with Gasteiger partial charge in [0, 0.05) is 24.1 Å². The highest BCUT2D eigenvalue weighted by atomic mass is 16.6. The van der Waals surface area contributed by atoms with E-state index in [-0.39, 0.29) is 18.0 Å². The lowest BCUT2D eigenvalue weighted by Crippen LogP contribution is -2.35. The maximum atomic E-state index is 12.3. The van der Waals surface area contributed by atoms with Crippen LogP contribution in [0.4, 0.5) is 5.69 Å². The fourth-order valence-corrected chi connectivity index (χ4v) is 2.20. The van der Waals surface area contributed by atoms with Gasteiger partial charge in [-0.05, 0) is 38.8 Å². The standard InChI is InChI=1S/C20H27NO7/c1-6-17(19(23)27-16-10-8-15(9-11-16)21(24)25)26-13-12-20(5,7-2)28-18(22)14(3)4/h8-11,17H,3,6-7,12-13H2,1-2,4-5H3. The summed E-state index contributed by atoms with van der Waals surface area (Å²) >= 11 is 0. The predicted molar refractivity (Wildman–Crippen MR) is 103 cm³/mol. The molecule has 2 unspecified atom stereocenters. The molecule has 0 aliphatic heterocycles. The molecular formula is C20H27NO7. The van der Waals surface area contributed by atoms with Gasteiger partial charge in [-0.3, -0.25) is 10.1 Å². The van der Waals surface area contributed by atoms with E-state index in [1.807, 2.05) is 6.92 Å². The van der Waals surface area contributed by atoms with Gasteiger partial charge in [0.25, 0.3) is 5.69 Å². The van der Waals surface area contributed by atoms with Gasteiger partial charge in [-0.1, -0.05) is 20.4 Å². The molecule has 28 heavy (non-hydrogen) atoms. The number of hydrogen-bond acceptors (Lipinski definition) is 7. The van der Waals surface area contributed by atoms with E-state index in [4.69, 9.17) is 14.2 Å². The van der Waals surface area contributed by atoms with Crippen LogP contribution in [0.15, 0.2) is 36.4 Å². The predicted octanol–water partition coefficient (Wildman–Crippen LogP) is 3.97. The number of esters is 2. The lowest BCUT2D eigenvalue weighted by atomic mass is 9.99. The van der Waals surface area contributed by atoms with E-state index >= 15 is 0 Å². The highest BCUT2D eigenvalue weighted by molar-refractivity contribution is 5.87. The molecule has 8 nitrogen and oxygen atoms in total. The van der Waals surface area contributed by atoms with E-state index in [0.717, 1.165) is 0 Å². The molecule has 0 amide bonds. The molecule has 0 N–H and O–H groups in total. The van der Waals surface area contributed by atoms with Crippen LogP contribution in [0.5, 0.6) is 5.75 Å². The molecule has 8 heteroatoms. The van der Waals surface area contributed by atoms with Crippen LogP contribution in [0.3, 0.4) is 0 Å². The zero-order chi connectivity index (χ0) is 21.3. The molecule has 0 saturated heterocycles. The van der Waals surface area contributed by atoms with E-state index in [0.29, 0.717) is 24.8 Å². The van der Waals surface area contributed by atoms with Crippen LogP contribution in [0, 0.1) is 10.1 Å². The van der Waals surface area contributed by atoms with Gasteiger partial charge in [0.2, 0.25) is 0 Å². The summed E-state index contributed by atoms with van der Waals surface area (Å²) in [4.78, 5) is 34.2. The molecule has 0 spiro atoms. The first-order valence-corrected chi connectivity index (χ1v) is 9.08. The molecule has 0 aromatic heterocycles. The third-order valence-electron chi connectivity index (χ3n) is 4.29. The molecule has 0 aliphatic rings. The van der Waals surface area contributed by atoms with Crippen molar-refractivity contribution >= 4 is 17.6 Å². The maximum absolute atomic E-state index is 12.3. The fraction of sp³-hybridized carbons (Fsp3) is 0.500. The van der Waals surface area contributed by atoms with Crippen molar-refractivity contribution in [1.29, 1.82) is 0 Å². The molecule has 0 saturated carbocycles. The van der Waals surface area contributed by atoms with Gasteiger partial charge >= 0.3 is 11.9 Å². The van der Waals surface area contributed by atoms with E-state index < -0.39 is 28.6 Å². The van der Waals surface area contributed by atoms with Crippen molar-refractivity contribution in [3.05, 3.63) is 46.5 Å². The Morgan fingerprint density at radius 1 is 1.25 bits per heavy atom. The van der Waals surface area contributed by atoms with Crippen molar-refractivity contribution in [2.45, 2.75) is 58.7 Å². The van der Waals surface area contributed by atoms with Crippen molar-refractivity contribution in [1.82, 2.24) is 0 Å². The Hall–Kier alpha value is -2.74. The second-order valence-electron chi connectivity index (χ2n) is 6.66. The van der Waals surface area contributed by atoms with Crippen molar-refractivity contribution in [2.75, 3.05) is 6.61 Å². The Balaban J connectivity index is 2.60. The Kier molecular flexibility index (Phi) is 8.78. The van der Waals surface area contributed by atoms with Crippen LogP contribution in [0.25, 0.3) is 0 Å². The summed E-state index contributed by atoms with van der Waals surface area (Å²) in [6, 6.07) is 5.22. The smallest absolute Gasteiger partial charge is 0.340 e. The number of rotatable bonds is 11. The number of hydrogen-bond donors (Lipinski definition) is 0. The summed E-state index contributed by atoms with van der Waals surface area (Å²) in [5.41, 5.74) is -0.499. The summed E-state index contributed by atoms with van der Waals surface area (Å²) in [7, 11) is 0. The summed E-state index contributed by atoms with van der Waals surface area (Å²) in [5.74, 6) is -0.853. The number of ether oxygens (including phenoxy) is 3. The minimum atomic E-state index is -0.798. The number of nitro groups is 1. The van der Waals surface area contributed by atoms with Crippen LogP contribution in [-0.2, 0) is 19.1 Å². The first kappa shape index (κ1) is 23.3. The van der Waals surface area contributed by atoms with E-state index in [1.54, 1.807) is 20.8 Å². The highest BCUT2D eigenvalue weighted by Gasteiger charge is 2.28. The van der Waals surface area contributed by atoms with Gasteiger partial charge in [-0.15, -0.1) is 0 Å². The molecular weight excluding hydrogens is 366 g/mol. The van der Waals surface area contributed by atoms with Crippen LogP contribution >= 0.6 is 0 Å². The van der Waals surface area contributed by atoms with Gasteiger partial charge in [0.1, 0.15) is 11.4 Å².